The second-order valence-corrected chi connectivity index (χ2v) is 17.4. The molecule has 11 rings (SSSR count). The predicted molar refractivity (Wildman–Crippen MR) is 268 cm³/mol. The average molecular weight is 851 g/mol. The van der Waals surface area contributed by atoms with Gasteiger partial charge < -0.3 is 15.4 Å². The largest absolute Gasteiger partial charge is 0.456 e. The summed E-state index contributed by atoms with van der Waals surface area (Å²) in [6.45, 7) is 8.90. The molecular weight excluding hydrogens is 801 g/mol. The summed E-state index contributed by atoms with van der Waals surface area (Å²) >= 11 is 1.69. The molecule has 5 nitrogen and oxygen atoms in total. The van der Waals surface area contributed by atoms with Crippen molar-refractivity contribution in [1.29, 1.82) is 0 Å². The van der Waals surface area contributed by atoms with Crippen molar-refractivity contribution >= 4 is 34.8 Å². The molecule has 0 amide bonds. The van der Waals surface area contributed by atoms with Crippen molar-refractivity contribution in [1.82, 2.24) is 0 Å². The number of benzene rings is 8. The molecule has 0 aromatic heterocycles. The van der Waals surface area contributed by atoms with Gasteiger partial charge in [-0.3, -0.25) is 0 Å². The van der Waals surface area contributed by atoms with E-state index in [9.17, 15) is 0 Å². The number of amidine groups is 2. The van der Waals surface area contributed by atoms with Crippen LogP contribution in [0.25, 0.3) is 22.3 Å². The minimum atomic E-state index is -0.506. The molecule has 64 heavy (non-hydrogen) atoms. The Balaban J connectivity index is 0.00000239. The van der Waals surface area contributed by atoms with Crippen LogP contribution in [0, 0.1) is 0 Å². The van der Waals surface area contributed by atoms with E-state index < -0.39 is 5.41 Å². The maximum Gasteiger partial charge on any atom is 0.159 e. The monoisotopic (exact) mass is 850 g/mol. The fraction of sp³-hybridized carbons (Fsp3) is 0.138. The van der Waals surface area contributed by atoms with E-state index in [1.165, 1.54) is 50.1 Å². The Hall–Kier alpha value is -7.15. The summed E-state index contributed by atoms with van der Waals surface area (Å²) in [7, 11) is 0. The number of hydrogen-bond acceptors (Lipinski definition) is 4. The SMILES string of the molecule is CC.CSc1c(Oc2ccccc2)ccc2c1N(C/N=C(\N=C(N)c1ccccc1)c1cccc3c1-c1ccccc1C31c3ccccc3-c3ccccc31)c1ccccc1C2(C)C. The molecule has 314 valence electrons. The Morgan fingerprint density at radius 3 is 1.78 bits per heavy atom. The summed E-state index contributed by atoms with van der Waals surface area (Å²) in [6.07, 6.45) is 2.12. The Kier molecular flexibility index (Phi) is 10.6. The molecule has 1 aliphatic heterocycles. The number of nitrogens with zero attached hydrogens (tertiary/aromatic N) is 3. The second kappa shape index (κ2) is 16.5. The van der Waals surface area contributed by atoms with Gasteiger partial charge in [-0.05, 0) is 86.2 Å². The maximum atomic E-state index is 6.99. The van der Waals surface area contributed by atoms with Gasteiger partial charge in [-0.25, -0.2) is 9.98 Å². The van der Waals surface area contributed by atoms with Gasteiger partial charge in [-0.1, -0.05) is 191 Å². The summed E-state index contributed by atoms with van der Waals surface area (Å²) in [6, 6.07) is 66.3. The smallest absolute Gasteiger partial charge is 0.159 e. The number of anilines is 2. The lowest BCUT2D eigenvalue weighted by atomic mass is 9.70. The second-order valence-electron chi connectivity index (χ2n) is 16.6. The van der Waals surface area contributed by atoms with E-state index in [4.69, 9.17) is 20.5 Å². The molecule has 0 radical (unpaired) electrons. The molecule has 1 heterocycles. The highest BCUT2D eigenvalue weighted by molar-refractivity contribution is 7.98. The Morgan fingerprint density at radius 2 is 1.12 bits per heavy atom. The van der Waals surface area contributed by atoms with Gasteiger partial charge in [0.15, 0.2) is 5.84 Å². The molecule has 1 spiro atoms. The van der Waals surface area contributed by atoms with Crippen LogP contribution in [0.5, 0.6) is 11.5 Å². The number of rotatable bonds is 7. The molecule has 0 fully saturated rings. The standard InChI is InChI=1S/C56H44N4OS.C2H6/c1-55(2)45-30-16-17-32-48(45)60(51-47(55)33-34-49(52(51)62-3)61-37-21-8-5-9-22-37)35-58-54(59-53(57)36-19-6-4-7-20-36)41-26-18-31-46-50(41)40-25-12-15-29-44(40)56(46)42-27-13-10-23-38(42)39-24-11-14-28-43(39)56;1-2/h4-34H,35H2,1-3H3,(H2,57,58,59);1-2H3. The van der Waals surface area contributed by atoms with Gasteiger partial charge in [-0.15, -0.1) is 11.8 Å². The minimum Gasteiger partial charge on any atom is -0.456 e. The van der Waals surface area contributed by atoms with Gasteiger partial charge in [-0.2, -0.15) is 0 Å². The van der Waals surface area contributed by atoms with Crippen LogP contribution in [0.4, 0.5) is 11.4 Å². The van der Waals surface area contributed by atoms with E-state index in [1.54, 1.807) is 11.8 Å². The zero-order chi connectivity index (χ0) is 44.0. The number of para-hydroxylation sites is 2. The van der Waals surface area contributed by atoms with Crippen molar-refractivity contribution < 1.29 is 4.74 Å². The number of aliphatic imine (C=N–C) groups is 2. The molecule has 2 aliphatic carbocycles. The Morgan fingerprint density at radius 1 is 0.578 bits per heavy atom. The van der Waals surface area contributed by atoms with Crippen molar-refractivity contribution in [2.75, 3.05) is 17.8 Å². The summed E-state index contributed by atoms with van der Waals surface area (Å²) in [5.41, 5.74) is 22.5. The average Bonchev–Trinajstić information content (AvgIpc) is 3.82. The zero-order valence-electron chi connectivity index (χ0n) is 36.8. The first kappa shape index (κ1) is 40.9. The van der Waals surface area contributed by atoms with E-state index in [0.29, 0.717) is 11.7 Å². The highest BCUT2D eigenvalue weighted by atomic mass is 32.2. The van der Waals surface area contributed by atoms with Gasteiger partial charge in [0.25, 0.3) is 0 Å². The normalized spacial score (nSPS) is 14.6. The van der Waals surface area contributed by atoms with Crippen molar-refractivity contribution in [3.05, 3.63) is 233 Å². The molecule has 3 aliphatic rings. The molecule has 0 saturated carbocycles. The van der Waals surface area contributed by atoms with Crippen LogP contribution >= 0.6 is 11.8 Å². The third-order valence-corrected chi connectivity index (χ3v) is 13.8. The number of nitrogens with two attached hydrogens (primary N) is 1. The van der Waals surface area contributed by atoms with Gasteiger partial charge in [0.1, 0.15) is 24.0 Å². The summed E-state index contributed by atoms with van der Waals surface area (Å²) < 4.78 is 6.63. The van der Waals surface area contributed by atoms with Crippen molar-refractivity contribution in [2.24, 2.45) is 15.7 Å². The first-order valence-electron chi connectivity index (χ1n) is 22.1. The van der Waals surface area contributed by atoms with Crippen LogP contribution in [-0.2, 0) is 10.8 Å². The van der Waals surface area contributed by atoms with Crippen LogP contribution in [0.2, 0.25) is 0 Å². The molecule has 0 saturated heterocycles. The van der Waals surface area contributed by atoms with E-state index in [0.717, 1.165) is 44.5 Å². The van der Waals surface area contributed by atoms with Crippen LogP contribution in [0.15, 0.2) is 203 Å². The number of hydrogen-bond donors (Lipinski definition) is 1. The first-order chi connectivity index (χ1) is 31.4. The number of fused-ring (bicyclic) bond motifs is 12. The highest BCUT2D eigenvalue weighted by Gasteiger charge is 2.52. The first-order valence-corrected chi connectivity index (χ1v) is 23.3. The molecule has 8 aromatic rings. The summed E-state index contributed by atoms with van der Waals surface area (Å²) in [5, 5.41) is 0. The molecule has 0 bridgehead atoms. The van der Waals surface area contributed by atoms with E-state index in [1.807, 2.05) is 74.5 Å². The molecule has 8 aromatic carbocycles. The Labute approximate surface area is 381 Å². The topological polar surface area (TPSA) is 63.2 Å². The fourth-order valence-electron chi connectivity index (χ4n) is 10.3. The molecule has 0 atom stereocenters. The lowest BCUT2D eigenvalue weighted by Gasteiger charge is -2.42. The van der Waals surface area contributed by atoms with Gasteiger partial charge in [0.05, 0.1) is 16.0 Å². The molecular formula is C58H50N4OS. The van der Waals surface area contributed by atoms with Crippen LogP contribution in [0.1, 0.15) is 72.2 Å². The summed E-state index contributed by atoms with van der Waals surface area (Å²) in [5.74, 6) is 2.57. The minimum absolute atomic E-state index is 0.283. The summed E-state index contributed by atoms with van der Waals surface area (Å²) in [4.78, 5) is 14.3. The van der Waals surface area contributed by atoms with Crippen molar-refractivity contribution in [3.63, 3.8) is 0 Å². The maximum absolute atomic E-state index is 6.99. The Bertz CT molecular complexity index is 3070. The molecule has 2 N–H and O–H groups in total. The predicted octanol–water partition coefficient (Wildman–Crippen LogP) is 14.2. The molecule has 6 heteroatoms. The third-order valence-electron chi connectivity index (χ3n) is 13.0. The van der Waals surface area contributed by atoms with E-state index in [2.05, 4.69) is 152 Å². The highest BCUT2D eigenvalue weighted by Crippen LogP contribution is 2.63. The lowest BCUT2D eigenvalue weighted by molar-refractivity contribution is 0.469. The fourth-order valence-corrected chi connectivity index (χ4v) is 11.0. The van der Waals surface area contributed by atoms with Crippen molar-refractivity contribution in [3.8, 4) is 33.8 Å². The van der Waals surface area contributed by atoms with Gasteiger partial charge in [0, 0.05) is 22.2 Å². The zero-order valence-corrected chi connectivity index (χ0v) is 37.7. The van der Waals surface area contributed by atoms with Crippen LogP contribution in [0.3, 0.4) is 0 Å². The van der Waals surface area contributed by atoms with Crippen LogP contribution < -0.4 is 15.4 Å². The number of ether oxygens (including phenoxy) is 1. The van der Waals surface area contributed by atoms with Gasteiger partial charge in [0.2, 0.25) is 0 Å². The van der Waals surface area contributed by atoms with E-state index >= 15 is 0 Å². The lowest BCUT2D eigenvalue weighted by Crippen LogP contribution is -2.34. The van der Waals surface area contributed by atoms with E-state index in [-0.39, 0.29) is 12.1 Å². The third kappa shape index (κ3) is 6.30. The molecule has 0 unspecified atom stereocenters. The quantitative estimate of drug-likeness (QED) is 0.0986. The number of thioether (sulfide) groups is 1. The van der Waals surface area contributed by atoms with Crippen LogP contribution in [-0.4, -0.2) is 24.6 Å². The van der Waals surface area contributed by atoms with Crippen molar-refractivity contribution in [2.45, 2.75) is 43.4 Å². The van der Waals surface area contributed by atoms with Gasteiger partial charge >= 0.3 is 0 Å².